The van der Waals surface area contributed by atoms with Gasteiger partial charge in [-0.2, -0.15) is 0 Å². The zero-order chi connectivity index (χ0) is 15.1. The monoisotopic (exact) mass is 293 g/mol. The SMILES string of the molecule is COc1ccc(OCC(O)CN[C@H](C)C2CCCC2)cc1. The number of nitrogens with one attached hydrogen (secondary N) is 1. The standard InChI is InChI=1S/C17H27NO3/c1-13(14-5-3-4-6-14)18-11-15(19)12-21-17-9-7-16(20-2)8-10-17/h7-10,13-15,18-19H,3-6,11-12H2,1-2H3/t13-,15?/m1/s1. The summed E-state index contributed by atoms with van der Waals surface area (Å²) < 4.78 is 10.7. The second kappa shape index (κ2) is 8.25. The van der Waals surface area contributed by atoms with E-state index in [-0.39, 0.29) is 0 Å². The summed E-state index contributed by atoms with van der Waals surface area (Å²) in [5.41, 5.74) is 0. The molecule has 1 fully saturated rings. The number of aliphatic hydroxyl groups excluding tert-OH is 1. The van der Waals surface area contributed by atoms with Crippen LogP contribution in [0.3, 0.4) is 0 Å². The number of ether oxygens (including phenoxy) is 2. The Kier molecular flexibility index (Phi) is 6.33. The van der Waals surface area contributed by atoms with Crippen molar-refractivity contribution < 1.29 is 14.6 Å². The number of aliphatic hydroxyl groups is 1. The third-order valence-corrected chi connectivity index (χ3v) is 4.28. The molecule has 4 nitrogen and oxygen atoms in total. The molecule has 0 spiro atoms. The molecular weight excluding hydrogens is 266 g/mol. The molecule has 1 aliphatic carbocycles. The third-order valence-electron chi connectivity index (χ3n) is 4.28. The first-order valence-corrected chi connectivity index (χ1v) is 7.87. The van der Waals surface area contributed by atoms with Gasteiger partial charge in [0.05, 0.1) is 7.11 Å². The van der Waals surface area contributed by atoms with Crippen molar-refractivity contribution in [3.63, 3.8) is 0 Å². The van der Waals surface area contributed by atoms with Crippen LogP contribution in [0, 0.1) is 5.92 Å². The van der Waals surface area contributed by atoms with E-state index in [9.17, 15) is 5.11 Å². The lowest BCUT2D eigenvalue weighted by Gasteiger charge is -2.22. The van der Waals surface area contributed by atoms with E-state index in [0.717, 1.165) is 17.4 Å². The molecule has 0 bridgehead atoms. The summed E-state index contributed by atoms with van der Waals surface area (Å²) >= 11 is 0. The van der Waals surface area contributed by atoms with Gasteiger partial charge in [0.2, 0.25) is 0 Å². The Morgan fingerprint density at radius 1 is 1.19 bits per heavy atom. The van der Waals surface area contributed by atoms with Crippen LogP contribution >= 0.6 is 0 Å². The minimum Gasteiger partial charge on any atom is -0.497 e. The molecule has 2 rings (SSSR count). The van der Waals surface area contributed by atoms with Gasteiger partial charge in [0.25, 0.3) is 0 Å². The first kappa shape index (κ1) is 16.1. The van der Waals surface area contributed by atoms with Crippen LogP contribution in [0.4, 0.5) is 0 Å². The smallest absolute Gasteiger partial charge is 0.119 e. The molecule has 0 aliphatic heterocycles. The molecule has 1 aromatic carbocycles. The molecule has 0 amide bonds. The van der Waals surface area contributed by atoms with Crippen LogP contribution in [-0.2, 0) is 0 Å². The van der Waals surface area contributed by atoms with Crippen LogP contribution in [0.1, 0.15) is 32.6 Å². The van der Waals surface area contributed by atoms with Crippen LogP contribution in [-0.4, -0.2) is 37.5 Å². The lowest BCUT2D eigenvalue weighted by Crippen LogP contribution is -2.39. The zero-order valence-electron chi connectivity index (χ0n) is 13.0. The van der Waals surface area contributed by atoms with Crippen LogP contribution in [0.2, 0.25) is 0 Å². The van der Waals surface area contributed by atoms with E-state index in [4.69, 9.17) is 9.47 Å². The van der Waals surface area contributed by atoms with E-state index in [2.05, 4.69) is 12.2 Å². The normalized spacial score (nSPS) is 18.4. The summed E-state index contributed by atoms with van der Waals surface area (Å²) in [6, 6.07) is 7.87. The first-order chi connectivity index (χ1) is 10.2. The fraction of sp³-hybridized carbons (Fsp3) is 0.647. The molecule has 0 radical (unpaired) electrons. The molecule has 1 aliphatic rings. The van der Waals surface area contributed by atoms with Gasteiger partial charge in [0, 0.05) is 12.6 Å². The number of methoxy groups -OCH3 is 1. The molecule has 1 aromatic rings. The van der Waals surface area contributed by atoms with Gasteiger partial charge in [-0.15, -0.1) is 0 Å². The fourth-order valence-corrected chi connectivity index (χ4v) is 2.87. The number of hydrogen-bond acceptors (Lipinski definition) is 4. The highest BCUT2D eigenvalue weighted by Gasteiger charge is 2.21. The number of benzene rings is 1. The molecule has 2 atom stereocenters. The molecule has 0 saturated heterocycles. The van der Waals surface area contributed by atoms with Gasteiger partial charge in [0.15, 0.2) is 0 Å². The predicted octanol–water partition coefficient (Wildman–Crippen LogP) is 2.60. The third kappa shape index (κ3) is 5.21. The summed E-state index contributed by atoms with van der Waals surface area (Å²) in [5, 5.41) is 13.4. The van der Waals surface area contributed by atoms with Crippen molar-refractivity contribution in [3.8, 4) is 11.5 Å². The zero-order valence-corrected chi connectivity index (χ0v) is 13.0. The molecule has 1 saturated carbocycles. The van der Waals surface area contributed by atoms with E-state index in [1.807, 2.05) is 24.3 Å². The maximum atomic E-state index is 9.99. The van der Waals surface area contributed by atoms with Crippen molar-refractivity contribution in [3.05, 3.63) is 24.3 Å². The molecule has 2 N–H and O–H groups in total. The van der Waals surface area contributed by atoms with Gasteiger partial charge in [-0.3, -0.25) is 0 Å². The van der Waals surface area contributed by atoms with Crippen molar-refractivity contribution in [2.75, 3.05) is 20.3 Å². The number of hydrogen-bond donors (Lipinski definition) is 2. The highest BCUT2D eigenvalue weighted by atomic mass is 16.5. The van der Waals surface area contributed by atoms with Crippen molar-refractivity contribution in [2.45, 2.75) is 44.8 Å². The molecule has 0 aromatic heterocycles. The molecule has 4 heteroatoms. The van der Waals surface area contributed by atoms with Gasteiger partial charge in [-0.25, -0.2) is 0 Å². The maximum Gasteiger partial charge on any atom is 0.119 e. The Morgan fingerprint density at radius 3 is 2.43 bits per heavy atom. The van der Waals surface area contributed by atoms with E-state index in [1.165, 1.54) is 25.7 Å². The topological polar surface area (TPSA) is 50.7 Å². The Balaban J connectivity index is 1.65. The number of rotatable bonds is 8. The summed E-state index contributed by atoms with van der Waals surface area (Å²) in [6.45, 7) is 3.09. The van der Waals surface area contributed by atoms with E-state index in [0.29, 0.717) is 19.2 Å². The largest absolute Gasteiger partial charge is 0.497 e. The Labute approximate surface area is 127 Å². The van der Waals surface area contributed by atoms with Gasteiger partial charge in [-0.05, 0) is 49.9 Å². The molecule has 1 unspecified atom stereocenters. The van der Waals surface area contributed by atoms with Gasteiger partial charge in [0.1, 0.15) is 24.2 Å². The Hall–Kier alpha value is -1.26. The van der Waals surface area contributed by atoms with Crippen LogP contribution in [0.5, 0.6) is 11.5 Å². The van der Waals surface area contributed by atoms with Crippen LogP contribution in [0.25, 0.3) is 0 Å². The average Bonchev–Trinajstić information content (AvgIpc) is 3.05. The summed E-state index contributed by atoms with van der Waals surface area (Å²) in [6.07, 6.45) is 4.83. The van der Waals surface area contributed by atoms with Crippen LogP contribution in [0.15, 0.2) is 24.3 Å². The van der Waals surface area contributed by atoms with Crippen LogP contribution < -0.4 is 14.8 Å². The molecule has 118 valence electrons. The summed E-state index contributed by atoms with van der Waals surface area (Å²) in [4.78, 5) is 0. The van der Waals surface area contributed by atoms with E-state index < -0.39 is 6.10 Å². The second-order valence-electron chi connectivity index (χ2n) is 5.88. The predicted molar refractivity (Wildman–Crippen MR) is 83.9 cm³/mol. The van der Waals surface area contributed by atoms with Crippen molar-refractivity contribution in [1.29, 1.82) is 0 Å². The minimum atomic E-state index is -0.490. The lowest BCUT2D eigenvalue weighted by molar-refractivity contribution is 0.102. The molecular formula is C17H27NO3. The Bertz CT molecular complexity index is 401. The van der Waals surface area contributed by atoms with Crippen molar-refractivity contribution >= 4 is 0 Å². The lowest BCUT2D eigenvalue weighted by atomic mass is 10.00. The highest BCUT2D eigenvalue weighted by molar-refractivity contribution is 5.31. The molecule has 21 heavy (non-hydrogen) atoms. The summed E-state index contributed by atoms with van der Waals surface area (Å²) in [5.74, 6) is 2.31. The van der Waals surface area contributed by atoms with E-state index in [1.54, 1.807) is 7.11 Å². The minimum absolute atomic E-state index is 0.302. The van der Waals surface area contributed by atoms with Gasteiger partial charge < -0.3 is 19.9 Å². The van der Waals surface area contributed by atoms with Gasteiger partial charge in [-0.1, -0.05) is 12.8 Å². The van der Waals surface area contributed by atoms with Gasteiger partial charge >= 0.3 is 0 Å². The highest BCUT2D eigenvalue weighted by Crippen LogP contribution is 2.27. The second-order valence-corrected chi connectivity index (χ2v) is 5.88. The quantitative estimate of drug-likeness (QED) is 0.773. The first-order valence-electron chi connectivity index (χ1n) is 7.87. The van der Waals surface area contributed by atoms with Crippen molar-refractivity contribution in [2.24, 2.45) is 5.92 Å². The molecule has 0 heterocycles. The average molecular weight is 293 g/mol. The Morgan fingerprint density at radius 2 is 1.81 bits per heavy atom. The van der Waals surface area contributed by atoms with E-state index >= 15 is 0 Å². The van der Waals surface area contributed by atoms with Crippen molar-refractivity contribution in [1.82, 2.24) is 5.32 Å². The summed E-state index contributed by atoms with van der Waals surface area (Å²) in [7, 11) is 1.64. The maximum absolute atomic E-state index is 9.99. The fourth-order valence-electron chi connectivity index (χ4n) is 2.87.